The molecule has 1 saturated heterocycles. The summed E-state index contributed by atoms with van der Waals surface area (Å²) in [5.74, 6) is 0.494. The second-order valence-electron chi connectivity index (χ2n) is 6.78. The molecule has 0 saturated carbocycles. The summed E-state index contributed by atoms with van der Waals surface area (Å²) in [6.07, 6.45) is 1.00. The summed E-state index contributed by atoms with van der Waals surface area (Å²) in [6.45, 7) is 0.389. The molecule has 2 aromatic carbocycles. The fourth-order valence-electron chi connectivity index (χ4n) is 3.12. The first-order valence-corrected chi connectivity index (χ1v) is 10.7. The molecular weight excluding hydrogens is 378 g/mol. The molecule has 0 aliphatic carbocycles. The normalized spacial score (nSPS) is 14.4. The Morgan fingerprint density at radius 2 is 1.64 bits per heavy atom. The van der Waals surface area contributed by atoms with E-state index in [1.165, 1.54) is 19.2 Å². The number of amides is 1. The summed E-state index contributed by atoms with van der Waals surface area (Å²) in [6, 6.07) is 15.2. The summed E-state index contributed by atoms with van der Waals surface area (Å²) in [5, 5.41) is -0.587. The van der Waals surface area contributed by atoms with E-state index in [-0.39, 0.29) is 36.1 Å². The van der Waals surface area contributed by atoms with Gasteiger partial charge in [-0.25, -0.2) is 8.42 Å². The quantitative estimate of drug-likeness (QED) is 0.636. The Morgan fingerprint density at radius 1 is 1.00 bits per heavy atom. The Hall–Kier alpha value is -2.67. The molecule has 1 fully saturated rings. The Balaban J connectivity index is 1.46. The number of hydrogen-bond donors (Lipinski definition) is 0. The van der Waals surface area contributed by atoms with Crippen LogP contribution in [0.3, 0.4) is 0 Å². The van der Waals surface area contributed by atoms with E-state index in [2.05, 4.69) is 0 Å². The summed E-state index contributed by atoms with van der Waals surface area (Å²) in [5.41, 5.74) is 0.643. The third-order valence-corrected chi connectivity index (χ3v) is 7.02. The number of carbonyl (C=O) groups excluding carboxylic acids is 2. The van der Waals surface area contributed by atoms with Crippen LogP contribution in [0.2, 0.25) is 0 Å². The van der Waals surface area contributed by atoms with Crippen molar-refractivity contribution in [3.8, 4) is 5.75 Å². The third kappa shape index (κ3) is 4.42. The van der Waals surface area contributed by atoms with Crippen LogP contribution in [0, 0.1) is 0 Å². The number of ketones is 1. The molecule has 148 valence electrons. The lowest BCUT2D eigenvalue weighted by Crippen LogP contribution is -2.56. The van der Waals surface area contributed by atoms with E-state index in [0.717, 1.165) is 0 Å². The van der Waals surface area contributed by atoms with Gasteiger partial charge in [0.1, 0.15) is 11.0 Å². The molecule has 7 heteroatoms. The molecule has 1 heterocycles. The van der Waals surface area contributed by atoms with Crippen LogP contribution in [0.4, 0.5) is 0 Å². The van der Waals surface area contributed by atoms with Crippen molar-refractivity contribution in [2.75, 3.05) is 20.2 Å². The average molecular weight is 401 g/mol. The van der Waals surface area contributed by atoms with E-state index >= 15 is 0 Å². The average Bonchev–Trinajstić information content (AvgIpc) is 2.67. The SMILES string of the molecule is COc1ccc(S(=O)(=O)C2CN(C(=O)CCCC(=O)c3ccccc3)C2)cc1. The molecule has 1 amide bonds. The van der Waals surface area contributed by atoms with Crippen molar-refractivity contribution in [2.24, 2.45) is 0 Å². The van der Waals surface area contributed by atoms with Gasteiger partial charge in [-0.1, -0.05) is 30.3 Å². The molecule has 1 aliphatic heterocycles. The number of methoxy groups -OCH3 is 1. The number of carbonyl (C=O) groups is 2. The monoisotopic (exact) mass is 401 g/mol. The van der Waals surface area contributed by atoms with Crippen LogP contribution in [0.1, 0.15) is 29.6 Å². The number of rotatable bonds is 8. The first-order chi connectivity index (χ1) is 13.4. The van der Waals surface area contributed by atoms with Crippen molar-refractivity contribution in [1.29, 1.82) is 0 Å². The van der Waals surface area contributed by atoms with E-state index in [1.807, 2.05) is 18.2 Å². The lowest BCUT2D eigenvalue weighted by Gasteiger charge is -2.38. The Kier molecular flexibility index (Phi) is 6.14. The van der Waals surface area contributed by atoms with E-state index in [9.17, 15) is 18.0 Å². The van der Waals surface area contributed by atoms with Gasteiger partial charge in [0.05, 0.1) is 12.0 Å². The Labute approximate surface area is 165 Å². The summed E-state index contributed by atoms with van der Waals surface area (Å²) in [4.78, 5) is 26.1. The molecule has 0 unspecified atom stereocenters. The number of likely N-dealkylation sites (tertiary alicyclic amines) is 1. The van der Waals surface area contributed by atoms with Crippen LogP contribution in [-0.4, -0.2) is 50.5 Å². The van der Waals surface area contributed by atoms with Crippen LogP contribution in [0.15, 0.2) is 59.5 Å². The molecule has 1 aliphatic rings. The highest BCUT2D eigenvalue weighted by molar-refractivity contribution is 7.92. The summed E-state index contributed by atoms with van der Waals surface area (Å²) >= 11 is 0. The predicted molar refractivity (Wildman–Crippen MR) is 105 cm³/mol. The topological polar surface area (TPSA) is 80.8 Å². The van der Waals surface area contributed by atoms with Crippen molar-refractivity contribution < 1.29 is 22.7 Å². The maximum atomic E-state index is 12.6. The first kappa shape index (κ1) is 20.1. The minimum absolute atomic E-state index is 0.0111. The van der Waals surface area contributed by atoms with Gasteiger partial charge in [-0.3, -0.25) is 9.59 Å². The highest BCUT2D eigenvalue weighted by Crippen LogP contribution is 2.26. The van der Waals surface area contributed by atoms with Gasteiger partial charge in [0, 0.05) is 31.5 Å². The van der Waals surface area contributed by atoms with Crippen molar-refractivity contribution >= 4 is 21.5 Å². The molecule has 0 N–H and O–H groups in total. The van der Waals surface area contributed by atoms with Crippen LogP contribution in [0.25, 0.3) is 0 Å². The molecule has 0 aromatic heterocycles. The standard InChI is InChI=1S/C21H23NO5S/c1-27-17-10-12-18(13-11-17)28(25,26)19-14-22(15-19)21(24)9-5-8-20(23)16-6-3-2-4-7-16/h2-4,6-7,10-13,19H,5,8-9,14-15H2,1H3. The van der Waals surface area contributed by atoms with Crippen LogP contribution >= 0.6 is 0 Å². The van der Waals surface area contributed by atoms with Crippen molar-refractivity contribution in [2.45, 2.75) is 29.4 Å². The largest absolute Gasteiger partial charge is 0.497 e. The molecule has 0 atom stereocenters. The fourth-order valence-corrected chi connectivity index (χ4v) is 4.78. The molecule has 0 bridgehead atoms. The highest BCUT2D eigenvalue weighted by Gasteiger charge is 2.40. The zero-order chi connectivity index (χ0) is 20.1. The number of nitrogens with zero attached hydrogens (tertiary/aromatic N) is 1. The predicted octanol–water partition coefficient (Wildman–Crippen LogP) is 2.73. The molecule has 0 radical (unpaired) electrons. The van der Waals surface area contributed by atoms with Crippen molar-refractivity contribution in [3.05, 3.63) is 60.2 Å². The van der Waals surface area contributed by atoms with Crippen molar-refractivity contribution in [3.63, 3.8) is 0 Å². The molecule has 6 nitrogen and oxygen atoms in total. The number of benzene rings is 2. The summed E-state index contributed by atoms with van der Waals surface area (Å²) in [7, 11) is -1.95. The number of hydrogen-bond acceptors (Lipinski definition) is 5. The fraction of sp³-hybridized carbons (Fsp3) is 0.333. The van der Waals surface area contributed by atoms with Crippen LogP contribution in [0.5, 0.6) is 5.75 Å². The van der Waals surface area contributed by atoms with E-state index in [0.29, 0.717) is 24.2 Å². The van der Waals surface area contributed by atoms with E-state index in [4.69, 9.17) is 4.74 Å². The second-order valence-corrected chi connectivity index (χ2v) is 9.01. The van der Waals surface area contributed by atoms with Crippen molar-refractivity contribution in [1.82, 2.24) is 4.90 Å². The van der Waals surface area contributed by atoms with Gasteiger partial charge in [-0.2, -0.15) is 0 Å². The smallest absolute Gasteiger partial charge is 0.222 e. The number of Topliss-reactive ketones (excluding diaryl/α,β-unsaturated/α-hetero) is 1. The van der Waals surface area contributed by atoms with Gasteiger partial charge < -0.3 is 9.64 Å². The molecule has 28 heavy (non-hydrogen) atoms. The van der Waals surface area contributed by atoms with Gasteiger partial charge in [-0.05, 0) is 30.7 Å². The maximum absolute atomic E-state index is 12.6. The van der Waals surface area contributed by atoms with E-state index in [1.54, 1.807) is 29.2 Å². The second kappa shape index (κ2) is 8.56. The van der Waals surface area contributed by atoms with Gasteiger partial charge in [0.2, 0.25) is 5.91 Å². The lowest BCUT2D eigenvalue weighted by molar-refractivity contribution is -0.134. The van der Waals surface area contributed by atoms with Gasteiger partial charge in [0.15, 0.2) is 15.6 Å². The summed E-state index contributed by atoms with van der Waals surface area (Å²) < 4.78 is 30.3. The molecule has 0 spiro atoms. The van der Waals surface area contributed by atoms with Gasteiger partial charge >= 0.3 is 0 Å². The number of sulfone groups is 1. The Bertz CT molecular complexity index is 933. The van der Waals surface area contributed by atoms with Gasteiger partial charge in [0.25, 0.3) is 0 Å². The van der Waals surface area contributed by atoms with Crippen LogP contribution < -0.4 is 4.74 Å². The highest BCUT2D eigenvalue weighted by atomic mass is 32.2. The third-order valence-electron chi connectivity index (χ3n) is 4.92. The molecule has 3 rings (SSSR count). The first-order valence-electron chi connectivity index (χ1n) is 9.16. The number of ether oxygens (including phenoxy) is 1. The maximum Gasteiger partial charge on any atom is 0.222 e. The van der Waals surface area contributed by atoms with Crippen LogP contribution in [-0.2, 0) is 14.6 Å². The van der Waals surface area contributed by atoms with E-state index < -0.39 is 15.1 Å². The molecule has 2 aromatic rings. The minimum Gasteiger partial charge on any atom is -0.497 e. The zero-order valence-corrected chi connectivity index (χ0v) is 16.5. The van der Waals surface area contributed by atoms with Gasteiger partial charge in [-0.15, -0.1) is 0 Å². The lowest BCUT2D eigenvalue weighted by atomic mass is 10.0. The molecular formula is C21H23NO5S. The minimum atomic E-state index is -3.47. The zero-order valence-electron chi connectivity index (χ0n) is 15.7. The Morgan fingerprint density at radius 3 is 2.25 bits per heavy atom.